The van der Waals surface area contributed by atoms with Crippen molar-refractivity contribution in [2.75, 3.05) is 27.2 Å². The summed E-state index contributed by atoms with van der Waals surface area (Å²) in [5, 5.41) is 3.04. The van der Waals surface area contributed by atoms with Crippen molar-refractivity contribution in [3.8, 4) is 0 Å². The van der Waals surface area contributed by atoms with Gasteiger partial charge in [-0.3, -0.25) is 0 Å². The Balaban J connectivity index is 2.04. The summed E-state index contributed by atoms with van der Waals surface area (Å²) in [5.74, 6) is 0. The summed E-state index contributed by atoms with van der Waals surface area (Å²) >= 11 is 0. The maximum Gasteiger partial charge on any atom is 0.0853 e. The third kappa shape index (κ3) is 1.13. The third-order valence-electron chi connectivity index (χ3n) is 3.17. The van der Waals surface area contributed by atoms with Crippen molar-refractivity contribution in [2.24, 2.45) is 0 Å². The van der Waals surface area contributed by atoms with E-state index in [-0.39, 0.29) is 0 Å². The molecule has 0 unspecified atom stereocenters. The molecule has 0 fully saturated rings. The zero-order valence-corrected chi connectivity index (χ0v) is 10.2. The molecule has 3 aliphatic heterocycles. The lowest BCUT2D eigenvalue weighted by Crippen LogP contribution is -2.13. The van der Waals surface area contributed by atoms with Crippen molar-refractivity contribution >= 4 is 21.6 Å². The highest BCUT2D eigenvalue weighted by Gasteiger charge is 2.33. The molecule has 0 saturated heterocycles. The standard InChI is InChI=1S/C10H14N2S2/c1-11-5-3-7-8-4-6-12(2)10(8)14-13-9(7)11/h3-6H2,1-2H3. The summed E-state index contributed by atoms with van der Waals surface area (Å²) in [4.78, 5) is 4.80. The van der Waals surface area contributed by atoms with Crippen molar-refractivity contribution in [2.45, 2.75) is 12.8 Å². The molecule has 14 heavy (non-hydrogen) atoms. The second-order valence-corrected chi connectivity index (χ2v) is 6.18. The van der Waals surface area contributed by atoms with Gasteiger partial charge in [-0.1, -0.05) is 0 Å². The highest BCUT2D eigenvalue weighted by atomic mass is 33.1. The predicted octanol–water partition coefficient (Wildman–Crippen LogP) is 2.48. The van der Waals surface area contributed by atoms with Crippen LogP contribution in [0.15, 0.2) is 21.2 Å². The average Bonchev–Trinajstić information content (AvgIpc) is 2.72. The van der Waals surface area contributed by atoms with Crippen molar-refractivity contribution in [3.63, 3.8) is 0 Å². The monoisotopic (exact) mass is 226 g/mol. The van der Waals surface area contributed by atoms with Gasteiger partial charge in [0.15, 0.2) is 0 Å². The molecule has 0 aromatic carbocycles. The second kappa shape index (κ2) is 3.14. The Bertz CT molecular complexity index is 312. The van der Waals surface area contributed by atoms with Gasteiger partial charge in [-0.15, -0.1) is 0 Å². The molecule has 0 aromatic heterocycles. The maximum absolute atomic E-state index is 2.40. The highest BCUT2D eigenvalue weighted by Crippen LogP contribution is 2.53. The first kappa shape index (κ1) is 9.04. The lowest BCUT2D eigenvalue weighted by atomic mass is 10.1. The van der Waals surface area contributed by atoms with Crippen LogP contribution in [0.2, 0.25) is 0 Å². The summed E-state index contributed by atoms with van der Waals surface area (Å²) in [5.41, 5.74) is 3.27. The van der Waals surface area contributed by atoms with Gasteiger partial charge in [0, 0.05) is 27.2 Å². The van der Waals surface area contributed by atoms with Crippen molar-refractivity contribution in [3.05, 3.63) is 21.2 Å². The van der Waals surface area contributed by atoms with Crippen LogP contribution in [0.4, 0.5) is 0 Å². The van der Waals surface area contributed by atoms with Gasteiger partial charge in [-0.2, -0.15) is 0 Å². The molecule has 3 rings (SSSR count). The summed E-state index contributed by atoms with van der Waals surface area (Å²) in [6, 6.07) is 0. The molecule has 76 valence electrons. The third-order valence-corrected chi connectivity index (χ3v) is 5.88. The summed E-state index contributed by atoms with van der Waals surface area (Å²) < 4.78 is 0. The fourth-order valence-corrected chi connectivity index (χ4v) is 5.39. The van der Waals surface area contributed by atoms with Crippen LogP contribution < -0.4 is 0 Å². The number of nitrogens with zero attached hydrogens (tertiary/aromatic N) is 2. The van der Waals surface area contributed by atoms with E-state index in [9.17, 15) is 0 Å². The first-order valence-corrected chi connectivity index (χ1v) is 7.16. The summed E-state index contributed by atoms with van der Waals surface area (Å²) in [7, 11) is 8.31. The van der Waals surface area contributed by atoms with Crippen LogP contribution in [0.3, 0.4) is 0 Å². The van der Waals surface area contributed by atoms with Gasteiger partial charge in [0.2, 0.25) is 0 Å². The van der Waals surface area contributed by atoms with Gasteiger partial charge in [0.25, 0.3) is 0 Å². The van der Waals surface area contributed by atoms with E-state index >= 15 is 0 Å². The first-order valence-electron chi connectivity index (χ1n) is 5.01. The molecular formula is C10H14N2S2. The largest absolute Gasteiger partial charge is 0.368 e. The number of hydrogen-bond acceptors (Lipinski definition) is 4. The zero-order chi connectivity index (χ0) is 9.71. The molecule has 0 bridgehead atoms. The Kier molecular flexibility index (Phi) is 2.02. The lowest BCUT2D eigenvalue weighted by molar-refractivity contribution is 0.485. The van der Waals surface area contributed by atoms with E-state index in [0.717, 1.165) is 0 Å². The minimum absolute atomic E-state index is 1.21. The van der Waals surface area contributed by atoms with Gasteiger partial charge in [-0.25, -0.2) is 0 Å². The Morgan fingerprint density at radius 2 is 1.29 bits per heavy atom. The average molecular weight is 226 g/mol. The first-order chi connectivity index (χ1) is 6.77. The molecule has 4 heteroatoms. The van der Waals surface area contributed by atoms with E-state index in [4.69, 9.17) is 0 Å². The number of rotatable bonds is 0. The molecular weight excluding hydrogens is 212 g/mol. The summed E-state index contributed by atoms with van der Waals surface area (Å²) in [6.07, 6.45) is 2.51. The van der Waals surface area contributed by atoms with Crippen LogP contribution in [0.5, 0.6) is 0 Å². The van der Waals surface area contributed by atoms with E-state index in [1.54, 1.807) is 11.1 Å². The van der Waals surface area contributed by atoms with Crippen LogP contribution in [0.1, 0.15) is 12.8 Å². The SMILES string of the molecule is CN1CCC2=C1SSC1=C2CCN1C. The van der Waals surface area contributed by atoms with Crippen LogP contribution in [0.25, 0.3) is 0 Å². The fourth-order valence-electron chi connectivity index (χ4n) is 2.30. The molecule has 0 spiro atoms. The molecule has 0 aromatic rings. The van der Waals surface area contributed by atoms with Gasteiger partial charge >= 0.3 is 0 Å². The molecule has 0 amide bonds. The van der Waals surface area contributed by atoms with E-state index in [1.807, 2.05) is 21.6 Å². The van der Waals surface area contributed by atoms with Crippen molar-refractivity contribution in [1.29, 1.82) is 0 Å². The molecule has 0 radical (unpaired) electrons. The van der Waals surface area contributed by atoms with E-state index in [2.05, 4.69) is 23.9 Å². The van der Waals surface area contributed by atoms with Crippen LogP contribution in [-0.2, 0) is 0 Å². The second-order valence-electron chi connectivity index (χ2n) is 4.08. The lowest BCUT2D eigenvalue weighted by Gasteiger charge is -2.22. The zero-order valence-electron chi connectivity index (χ0n) is 8.54. The molecule has 3 heterocycles. The van der Waals surface area contributed by atoms with Gasteiger partial charge < -0.3 is 9.80 Å². The number of fused-ring (bicyclic) bond motifs is 1. The Hall–Kier alpha value is -0.220. The van der Waals surface area contributed by atoms with Crippen molar-refractivity contribution in [1.82, 2.24) is 9.80 Å². The molecule has 3 aliphatic rings. The predicted molar refractivity (Wildman–Crippen MR) is 63.7 cm³/mol. The maximum atomic E-state index is 2.40. The number of hydrogen-bond donors (Lipinski definition) is 0. The van der Waals surface area contributed by atoms with Crippen LogP contribution in [0, 0.1) is 0 Å². The topological polar surface area (TPSA) is 6.48 Å². The quantitative estimate of drug-likeness (QED) is 0.585. The minimum atomic E-state index is 1.21. The molecule has 0 saturated carbocycles. The molecule has 0 N–H and O–H groups in total. The van der Waals surface area contributed by atoms with Crippen LogP contribution >= 0.6 is 21.6 Å². The molecule has 0 atom stereocenters. The van der Waals surface area contributed by atoms with E-state index in [1.165, 1.54) is 36.0 Å². The van der Waals surface area contributed by atoms with Crippen LogP contribution in [-0.4, -0.2) is 37.0 Å². The fraction of sp³-hybridized carbons (Fsp3) is 0.600. The normalized spacial score (nSPS) is 26.1. The van der Waals surface area contributed by atoms with Crippen molar-refractivity contribution < 1.29 is 0 Å². The molecule has 2 nitrogen and oxygen atoms in total. The summed E-state index contributed by atoms with van der Waals surface area (Å²) in [6.45, 7) is 2.41. The van der Waals surface area contributed by atoms with Gasteiger partial charge in [-0.05, 0) is 45.6 Å². The smallest absolute Gasteiger partial charge is 0.0853 e. The Morgan fingerprint density at radius 3 is 1.71 bits per heavy atom. The van der Waals surface area contributed by atoms with Gasteiger partial charge in [0.05, 0.1) is 10.1 Å². The minimum Gasteiger partial charge on any atom is -0.368 e. The van der Waals surface area contributed by atoms with E-state index < -0.39 is 0 Å². The molecule has 0 aliphatic carbocycles. The highest BCUT2D eigenvalue weighted by molar-refractivity contribution is 8.79. The van der Waals surface area contributed by atoms with E-state index in [0.29, 0.717) is 0 Å². The van der Waals surface area contributed by atoms with Gasteiger partial charge in [0.1, 0.15) is 0 Å². The Morgan fingerprint density at radius 1 is 0.857 bits per heavy atom. The Labute approximate surface area is 92.8 Å².